The molecule has 0 amide bonds. The van der Waals surface area contributed by atoms with Gasteiger partial charge in [-0.1, -0.05) is 55.2 Å². The van der Waals surface area contributed by atoms with Gasteiger partial charge >= 0.3 is 0 Å². The Morgan fingerprint density at radius 2 is 1.80 bits per heavy atom. The quantitative estimate of drug-likeness (QED) is 0.581. The molecule has 0 N–H and O–H groups in total. The summed E-state index contributed by atoms with van der Waals surface area (Å²) in [6.07, 6.45) is 16.1. The Kier molecular flexibility index (Phi) is 3.45. The molecule has 1 fully saturated rings. The Morgan fingerprint density at radius 3 is 2.53 bits per heavy atom. The Morgan fingerprint density at radius 1 is 1.07 bits per heavy atom. The molecule has 0 unspecified atom stereocenters. The first-order chi connectivity index (χ1) is 7.25. The topological polar surface area (TPSA) is 0 Å². The first kappa shape index (κ1) is 10.7. The SMILES string of the molecule is CC1=CC=C(C2CCC(C)CC2)CC=C1. The lowest BCUT2D eigenvalue weighted by molar-refractivity contribution is 0.318. The van der Waals surface area contributed by atoms with Crippen LogP contribution in [0.3, 0.4) is 0 Å². The fourth-order valence-corrected chi connectivity index (χ4v) is 2.68. The minimum atomic E-state index is 0.869. The monoisotopic (exact) mass is 202 g/mol. The lowest BCUT2D eigenvalue weighted by Gasteiger charge is -2.27. The molecule has 0 atom stereocenters. The van der Waals surface area contributed by atoms with Crippen LogP contribution in [0.4, 0.5) is 0 Å². The molecular weight excluding hydrogens is 180 g/mol. The zero-order valence-corrected chi connectivity index (χ0v) is 10.00. The highest BCUT2D eigenvalue weighted by atomic mass is 14.3. The summed E-state index contributed by atoms with van der Waals surface area (Å²) in [7, 11) is 0. The van der Waals surface area contributed by atoms with Gasteiger partial charge in [-0.3, -0.25) is 0 Å². The lowest BCUT2D eigenvalue weighted by atomic mass is 9.78. The molecule has 0 saturated heterocycles. The van der Waals surface area contributed by atoms with E-state index >= 15 is 0 Å². The van der Waals surface area contributed by atoms with Gasteiger partial charge in [-0.15, -0.1) is 0 Å². The lowest BCUT2D eigenvalue weighted by Crippen LogP contribution is -2.14. The average Bonchev–Trinajstić information content (AvgIpc) is 2.44. The van der Waals surface area contributed by atoms with Crippen LogP contribution < -0.4 is 0 Å². The Bertz CT molecular complexity index is 296. The first-order valence-electron chi connectivity index (χ1n) is 6.29. The van der Waals surface area contributed by atoms with Crippen molar-refractivity contribution in [1.82, 2.24) is 0 Å². The van der Waals surface area contributed by atoms with Crippen molar-refractivity contribution in [3.8, 4) is 0 Å². The standard InChI is InChI=1S/C15H22/c1-12-4-3-5-14(9-6-12)15-10-7-13(2)8-11-15/h3-4,6,9,13,15H,5,7-8,10-11H2,1-2H3. The minimum Gasteiger partial charge on any atom is -0.0802 e. The van der Waals surface area contributed by atoms with E-state index in [-0.39, 0.29) is 0 Å². The molecule has 0 aliphatic heterocycles. The highest BCUT2D eigenvalue weighted by molar-refractivity contribution is 5.30. The average molecular weight is 202 g/mol. The molecule has 0 aromatic rings. The minimum absolute atomic E-state index is 0.869. The molecule has 0 heterocycles. The Labute approximate surface area is 93.8 Å². The molecule has 0 heteroatoms. The Hall–Kier alpha value is -0.780. The largest absolute Gasteiger partial charge is 0.0802 e. The molecule has 2 aliphatic carbocycles. The van der Waals surface area contributed by atoms with Crippen molar-refractivity contribution in [3.05, 3.63) is 35.5 Å². The van der Waals surface area contributed by atoms with Crippen LogP contribution in [-0.4, -0.2) is 0 Å². The Balaban J connectivity index is 2.02. The van der Waals surface area contributed by atoms with Crippen molar-refractivity contribution in [2.75, 3.05) is 0 Å². The summed E-state index contributed by atoms with van der Waals surface area (Å²) < 4.78 is 0. The van der Waals surface area contributed by atoms with Crippen LogP contribution in [0.5, 0.6) is 0 Å². The zero-order chi connectivity index (χ0) is 10.7. The predicted molar refractivity (Wildman–Crippen MR) is 66.7 cm³/mol. The van der Waals surface area contributed by atoms with Crippen LogP contribution in [0, 0.1) is 11.8 Å². The van der Waals surface area contributed by atoms with E-state index < -0.39 is 0 Å². The maximum atomic E-state index is 2.39. The van der Waals surface area contributed by atoms with Crippen LogP contribution >= 0.6 is 0 Å². The number of hydrogen-bond acceptors (Lipinski definition) is 0. The van der Waals surface area contributed by atoms with Crippen molar-refractivity contribution in [2.45, 2.75) is 46.0 Å². The summed E-state index contributed by atoms with van der Waals surface area (Å²) >= 11 is 0. The molecule has 0 radical (unpaired) electrons. The highest BCUT2D eigenvalue weighted by Crippen LogP contribution is 2.35. The van der Waals surface area contributed by atoms with Gasteiger partial charge in [0.1, 0.15) is 0 Å². The van der Waals surface area contributed by atoms with Gasteiger partial charge in [0, 0.05) is 0 Å². The zero-order valence-electron chi connectivity index (χ0n) is 10.00. The second kappa shape index (κ2) is 4.83. The molecule has 0 aromatic heterocycles. The van der Waals surface area contributed by atoms with E-state index in [2.05, 4.69) is 38.2 Å². The van der Waals surface area contributed by atoms with Gasteiger partial charge in [0.05, 0.1) is 0 Å². The highest BCUT2D eigenvalue weighted by Gasteiger charge is 2.20. The summed E-state index contributed by atoms with van der Waals surface area (Å²) in [4.78, 5) is 0. The molecule has 0 spiro atoms. The van der Waals surface area contributed by atoms with Crippen LogP contribution in [-0.2, 0) is 0 Å². The van der Waals surface area contributed by atoms with E-state index in [9.17, 15) is 0 Å². The molecule has 15 heavy (non-hydrogen) atoms. The van der Waals surface area contributed by atoms with Crippen molar-refractivity contribution in [2.24, 2.45) is 11.8 Å². The van der Waals surface area contributed by atoms with Crippen molar-refractivity contribution in [1.29, 1.82) is 0 Å². The van der Waals surface area contributed by atoms with Gasteiger partial charge in [0.2, 0.25) is 0 Å². The predicted octanol–water partition coefficient (Wildman–Crippen LogP) is 4.65. The third-order valence-corrected chi connectivity index (χ3v) is 3.83. The molecule has 2 rings (SSSR count). The van der Waals surface area contributed by atoms with Crippen LogP contribution in [0.25, 0.3) is 0 Å². The fraction of sp³-hybridized carbons (Fsp3) is 0.600. The second-order valence-corrected chi connectivity index (χ2v) is 5.22. The maximum absolute atomic E-state index is 2.39. The van der Waals surface area contributed by atoms with Gasteiger partial charge in [0.15, 0.2) is 0 Å². The van der Waals surface area contributed by atoms with E-state index in [1.54, 1.807) is 5.57 Å². The van der Waals surface area contributed by atoms with Crippen molar-refractivity contribution >= 4 is 0 Å². The summed E-state index contributed by atoms with van der Waals surface area (Å²) in [5, 5.41) is 0. The molecule has 2 aliphatic rings. The van der Waals surface area contributed by atoms with Crippen LogP contribution in [0.2, 0.25) is 0 Å². The smallest absolute Gasteiger partial charge is 0.0130 e. The molecular formula is C15H22. The van der Waals surface area contributed by atoms with E-state index in [4.69, 9.17) is 0 Å². The van der Waals surface area contributed by atoms with E-state index in [0.717, 1.165) is 11.8 Å². The number of hydrogen-bond donors (Lipinski definition) is 0. The molecule has 0 bridgehead atoms. The van der Waals surface area contributed by atoms with Gasteiger partial charge in [-0.25, -0.2) is 0 Å². The van der Waals surface area contributed by atoms with Gasteiger partial charge in [-0.05, 0) is 38.0 Å². The second-order valence-electron chi connectivity index (χ2n) is 5.22. The van der Waals surface area contributed by atoms with Crippen molar-refractivity contribution in [3.63, 3.8) is 0 Å². The summed E-state index contributed by atoms with van der Waals surface area (Å²) in [6, 6.07) is 0. The summed E-state index contributed by atoms with van der Waals surface area (Å²) in [5.41, 5.74) is 3.05. The maximum Gasteiger partial charge on any atom is -0.0130 e. The molecule has 0 nitrogen and oxygen atoms in total. The summed E-state index contributed by atoms with van der Waals surface area (Å²) in [5.74, 6) is 1.83. The molecule has 0 aromatic carbocycles. The third-order valence-electron chi connectivity index (χ3n) is 3.83. The van der Waals surface area contributed by atoms with Crippen LogP contribution in [0.15, 0.2) is 35.5 Å². The first-order valence-corrected chi connectivity index (χ1v) is 6.29. The molecule has 82 valence electrons. The van der Waals surface area contributed by atoms with Crippen molar-refractivity contribution < 1.29 is 0 Å². The summed E-state index contributed by atoms with van der Waals surface area (Å²) in [6.45, 7) is 4.57. The van der Waals surface area contributed by atoms with Gasteiger partial charge in [0.25, 0.3) is 0 Å². The van der Waals surface area contributed by atoms with Gasteiger partial charge in [-0.2, -0.15) is 0 Å². The van der Waals surface area contributed by atoms with E-state index in [1.165, 1.54) is 37.7 Å². The number of allylic oxidation sites excluding steroid dienone is 6. The normalized spacial score (nSPS) is 31.9. The molecule has 1 saturated carbocycles. The van der Waals surface area contributed by atoms with Gasteiger partial charge < -0.3 is 0 Å². The van der Waals surface area contributed by atoms with E-state index in [0.29, 0.717) is 0 Å². The third kappa shape index (κ3) is 2.84. The van der Waals surface area contributed by atoms with Crippen LogP contribution in [0.1, 0.15) is 46.0 Å². The van der Waals surface area contributed by atoms with E-state index in [1.807, 2.05) is 0 Å². The fourth-order valence-electron chi connectivity index (χ4n) is 2.68. The number of rotatable bonds is 1.